The number of aryl methyl sites for hydroxylation is 1. The fraction of sp³-hybridized carbons (Fsp3) is 0.696. The SMILES string of the molecule is CCCCCCCc1cc(OC(=O)O)c(CCC)c(CCC)c1CCC. The molecule has 0 aromatic heterocycles. The van der Waals surface area contributed by atoms with Crippen LogP contribution in [0.4, 0.5) is 4.79 Å². The van der Waals surface area contributed by atoms with Crippen LogP contribution in [0.5, 0.6) is 5.75 Å². The minimum absolute atomic E-state index is 0.575. The highest BCUT2D eigenvalue weighted by Crippen LogP contribution is 2.33. The molecule has 1 aromatic rings. The number of hydrogen-bond donors (Lipinski definition) is 1. The number of carboxylic acid groups (broad SMARTS) is 1. The molecule has 0 heterocycles. The number of carbonyl (C=O) groups is 1. The lowest BCUT2D eigenvalue weighted by atomic mass is 9.86. The van der Waals surface area contributed by atoms with Crippen LogP contribution in [0.3, 0.4) is 0 Å². The van der Waals surface area contributed by atoms with Crippen LogP contribution in [0.1, 0.15) is 101 Å². The molecule has 1 aromatic carbocycles. The molecule has 0 aliphatic carbocycles. The second-order valence-corrected chi connectivity index (χ2v) is 7.25. The topological polar surface area (TPSA) is 46.5 Å². The number of hydrogen-bond acceptors (Lipinski definition) is 2. The second-order valence-electron chi connectivity index (χ2n) is 7.25. The highest BCUT2D eigenvalue weighted by atomic mass is 16.7. The molecule has 0 aliphatic heterocycles. The van der Waals surface area contributed by atoms with Gasteiger partial charge in [0.2, 0.25) is 0 Å². The summed E-state index contributed by atoms with van der Waals surface area (Å²) in [5, 5.41) is 9.19. The number of benzene rings is 1. The Balaban J connectivity index is 3.25. The van der Waals surface area contributed by atoms with Crippen LogP contribution in [0.2, 0.25) is 0 Å². The van der Waals surface area contributed by atoms with Gasteiger partial charge in [-0.1, -0.05) is 72.6 Å². The van der Waals surface area contributed by atoms with E-state index in [1.807, 2.05) is 6.07 Å². The van der Waals surface area contributed by atoms with E-state index >= 15 is 0 Å². The zero-order valence-electron chi connectivity index (χ0n) is 17.3. The van der Waals surface area contributed by atoms with Gasteiger partial charge in [-0.2, -0.15) is 0 Å². The fourth-order valence-electron chi connectivity index (χ4n) is 3.82. The lowest BCUT2D eigenvalue weighted by molar-refractivity contribution is 0.144. The first kappa shape index (κ1) is 22.5. The van der Waals surface area contributed by atoms with Crippen molar-refractivity contribution in [3.8, 4) is 5.75 Å². The number of rotatable bonds is 13. The van der Waals surface area contributed by atoms with Crippen molar-refractivity contribution in [3.63, 3.8) is 0 Å². The number of unbranched alkanes of at least 4 members (excludes halogenated alkanes) is 4. The minimum Gasteiger partial charge on any atom is -0.449 e. The average Bonchev–Trinajstić information content (AvgIpc) is 2.60. The summed E-state index contributed by atoms with van der Waals surface area (Å²) in [6, 6.07) is 2.03. The smallest absolute Gasteiger partial charge is 0.449 e. The van der Waals surface area contributed by atoms with Gasteiger partial charge < -0.3 is 9.84 Å². The van der Waals surface area contributed by atoms with Gasteiger partial charge in [0.15, 0.2) is 0 Å². The van der Waals surface area contributed by atoms with Gasteiger partial charge in [-0.3, -0.25) is 0 Å². The first-order chi connectivity index (χ1) is 12.6. The van der Waals surface area contributed by atoms with Crippen LogP contribution < -0.4 is 4.74 Å². The van der Waals surface area contributed by atoms with Gasteiger partial charge in [0.05, 0.1) is 0 Å². The molecule has 148 valence electrons. The molecule has 0 unspecified atom stereocenters. The van der Waals surface area contributed by atoms with Gasteiger partial charge in [-0.15, -0.1) is 0 Å². The third-order valence-electron chi connectivity index (χ3n) is 4.97. The Hall–Kier alpha value is -1.51. The maximum atomic E-state index is 11.2. The van der Waals surface area contributed by atoms with Gasteiger partial charge in [0, 0.05) is 0 Å². The second kappa shape index (κ2) is 12.8. The van der Waals surface area contributed by atoms with Gasteiger partial charge >= 0.3 is 6.16 Å². The lowest BCUT2D eigenvalue weighted by Gasteiger charge is -2.21. The molecule has 0 aliphatic rings. The van der Waals surface area contributed by atoms with Crippen molar-refractivity contribution >= 4 is 6.16 Å². The quantitative estimate of drug-likeness (QED) is 0.231. The Morgan fingerprint density at radius 3 is 1.92 bits per heavy atom. The normalized spacial score (nSPS) is 10.9. The van der Waals surface area contributed by atoms with Crippen LogP contribution in [-0.2, 0) is 25.7 Å². The predicted molar refractivity (Wildman–Crippen MR) is 110 cm³/mol. The minimum atomic E-state index is -1.21. The Morgan fingerprint density at radius 1 is 0.769 bits per heavy atom. The summed E-state index contributed by atoms with van der Waals surface area (Å²) in [7, 11) is 0. The van der Waals surface area contributed by atoms with Crippen molar-refractivity contribution in [2.24, 2.45) is 0 Å². The monoisotopic (exact) mass is 362 g/mol. The molecular weight excluding hydrogens is 324 g/mol. The van der Waals surface area contributed by atoms with Crippen LogP contribution in [-0.4, -0.2) is 11.3 Å². The molecule has 0 fully saturated rings. The molecule has 0 saturated heterocycles. The summed E-state index contributed by atoms with van der Waals surface area (Å²) in [4.78, 5) is 11.2. The molecular formula is C23H38O3. The third kappa shape index (κ3) is 7.01. The molecule has 0 atom stereocenters. The van der Waals surface area contributed by atoms with Gasteiger partial charge in [-0.05, 0) is 60.4 Å². The maximum absolute atomic E-state index is 11.2. The molecule has 0 saturated carbocycles. The summed E-state index contributed by atoms with van der Waals surface area (Å²) in [5.74, 6) is 0.575. The van der Waals surface area contributed by atoms with Gasteiger partial charge in [0.1, 0.15) is 5.75 Å². The lowest BCUT2D eigenvalue weighted by Crippen LogP contribution is -2.11. The summed E-state index contributed by atoms with van der Waals surface area (Å²) in [6.07, 6.45) is 12.2. The van der Waals surface area contributed by atoms with Crippen LogP contribution in [0.15, 0.2) is 6.07 Å². The Labute approximate surface area is 160 Å². The van der Waals surface area contributed by atoms with E-state index < -0.39 is 6.16 Å². The third-order valence-corrected chi connectivity index (χ3v) is 4.97. The predicted octanol–water partition coefficient (Wildman–Crippen LogP) is 7.11. The Morgan fingerprint density at radius 2 is 1.35 bits per heavy atom. The first-order valence-corrected chi connectivity index (χ1v) is 10.7. The van der Waals surface area contributed by atoms with Crippen molar-refractivity contribution < 1.29 is 14.6 Å². The zero-order valence-corrected chi connectivity index (χ0v) is 17.3. The molecule has 0 amide bonds. The van der Waals surface area contributed by atoms with Crippen molar-refractivity contribution in [3.05, 3.63) is 28.3 Å². The van der Waals surface area contributed by atoms with Crippen LogP contribution in [0.25, 0.3) is 0 Å². The highest BCUT2D eigenvalue weighted by molar-refractivity contribution is 5.64. The van der Waals surface area contributed by atoms with Crippen molar-refractivity contribution in [2.75, 3.05) is 0 Å². The molecule has 26 heavy (non-hydrogen) atoms. The molecule has 0 bridgehead atoms. The maximum Gasteiger partial charge on any atom is 0.511 e. The molecule has 0 spiro atoms. The van der Waals surface area contributed by atoms with E-state index in [2.05, 4.69) is 27.7 Å². The first-order valence-electron chi connectivity index (χ1n) is 10.7. The average molecular weight is 363 g/mol. The number of ether oxygens (including phenoxy) is 1. The van der Waals surface area contributed by atoms with E-state index in [0.717, 1.165) is 50.5 Å². The summed E-state index contributed by atoms with van der Waals surface area (Å²) >= 11 is 0. The van der Waals surface area contributed by atoms with E-state index in [9.17, 15) is 9.90 Å². The molecule has 0 radical (unpaired) electrons. The standard InChI is InChI=1S/C23H38O3/c1-5-9-10-11-12-16-18-17-22(26-23(24)25)21(15-8-4)20(14-7-3)19(18)13-6-2/h17H,5-16H2,1-4H3,(H,24,25). The fourth-order valence-corrected chi connectivity index (χ4v) is 3.82. The summed E-state index contributed by atoms with van der Waals surface area (Å²) in [6.45, 7) is 8.79. The molecule has 1 N–H and O–H groups in total. The Bertz CT molecular complexity index is 549. The van der Waals surface area contributed by atoms with Crippen LogP contribution in [0, 0.1) is 0 Å². The van der Waals surface area contributed by atoms with E-state index in [0.29, 0.717) is 5.75 Å². The largest absolute Gasteiger partial charge is 0.511 e. The van der Waals surface area contributed by atoms with Crippen molar-refractivity contribution in [1.29, 1.82) is 0 Å². The van der Waals surface area contributed by atoms with E-state index in [1.165, 1.54) is 48.8 Å². The van der Waals surface area contributed by atoms with Crippen molar-refractivity contribution in [2.45, 2.75) is 105 Å². The van der Waals surface area contributed by atoms with Gasteiger partial charge in [0.25, 0.3) is 0 Å². The summed E-state index contributed by atoms with van der Waals surface area (Å²) < 4.78 is 5.22. The summed E-state index contributed by atoms with van der Waals surface area (Å²) in [5.41, 5.74) is 5.25. The van der Waals surface area contributed by atoms with E-state index in [-0.39, 0.29) is 0 Å². The van der Waals surface area contributed by atoms with Crippen molar-refractivity contribution in [1.82, 2.24) is 0 Å². The molecule has 1 rings (SSSR count). The Kier molecular flexibility index (Phi) is 11.1. The molecule has 3 heteroatoms. The van der Waals surface area contributed by atoms with E-state index in [1.54, 1.807) is 0 Å². The van der Waals surface area contributed by atoms with Gasteiger partial charge in [-0.25, -0.2) is 4.79 Å². The molecule has 3 nitrogen and oxygen atoms in total. The van der Waals surface area contributed by atoms with Crippen LogP contribution >= 0.6 is 0 Å². The highest BCUT2D eigenvalue weighted by Gasteiger charge is 2.19. The zero-order chi connectivity index (χ0) is 19.4. The van der Waals surface area contributed by atoms with E-state index in [4.69, 9.17) is 4.74 Å².